The number of nitrogens with zero attached hydrogens (tertiary/aromatic N) is 1. The Bertz CT molecular complexity index is 423. The average molecular weight is 233 g/mol. The lowest BCUT2D eigenvalue weighted by molar-refractivity contribution is 0.0714. The number of allylic oxidation sites excluding steroid dienone is 1. The molecule has 0 N–H and O–H groups in total. The van der Waals surface area contributed by atoms with Gasteiger partial charge in [0.15, 0.2) is 0 Å². The summed E-state index contributed by atoms with van der Waals surface area (Å²) in [4.78, 5) is 15.0. The maximum absolute atomic E-state index is 12.2. The molecule has 16 heavy (non-hydrogen) atoms. The molecule has 1 aromatic rings. The zero-order chi connectivity index (χ0) is 11.1. The highest BCUT2D eigenvalue weighted by molar-refractivity contribution is 7.12. The summed E-state index contributed by atoms with van der Waals surface area (Å²) in [6.45, 7) is 0. The molecule has 0 unspecified atom stereocenters. The second-order valence-electron chi connectivity index (χ2n) is 4.74. The van der Waals surface area contributed by atoms with E-state index in [4.69, 9.17) is 0 Å². The Hall–Kier alpha value is -1.09. The van der Waals surface area contributed by atoms with Crippen molar-refractivity contribution in [3.8, 4) is 0 Å². The molecule has 1 aromatic heterocycles. The number of fused-ring (bicyclic) bond motifs is 2. The Morgan fingerprint density at radius 1 is 1.44 bits per heavy atom. The van der Waals surface area contributed by atoms with Gasteiger partial charge < -0.3 is 4.90 Å². The van der Waals surface area contributed by atoms with E-state index in [0.717, 1.165) is 11.3 Å². The van der Waals surface area contributed by atoms with Gasteiger partial charge in [-0.3, -0.25) is 4.79 Å². The molecular formula is C13H15NOS. The van der Waals surface area contributed by atoms with Crippen LogP contribution in [0.5, 0.6) is 0 Å². The van der Waals surface area contributed by atoms with Crippen LogP contribution >= 0.6 is 11.3 Å². The quantitative estimate of drug-likeness (QED) is 0.719. The fourth-order valence-corrected chi connectivity index (χ4v) is 3.63. The van der Waals surface area contributed by atoms with Crippen LogP contribution in [0.3, 0.4) is 0 Å². The second kappa shape index (κ2) is 3.74. The Kier molecular flexibility index (Phi) is 2.36. The first-order valence-electron chi connectivity index (χ1n) is 5.74. The summed E-state index contributed by atoms with van der Waals surface area (Å²) in [7, 11) is 1.95. The van der Waals surface area contributed by atoms with Crippen molar-refractivity contribution in [1.29, 1.82) is 0 Å². The molecule has 2 nitrogen and oxygen atoms in total. The minimum atomic E-state index is 0.181. The molecule has 1 heterocycles. The summed E-state index contributed by atoms with van der Waals surface area (Å²) < 4.78 is 0. The van der Waals surface area contributed by atoms with Gasteiger partial charge in [0.25, 0.3) is 5.91 Å². The van der Waals surface area contributed by atoms with E-state index < -0.39 is 0 Å². The van der Waals surface area contributed by atoms with E-state index in [1.165, 1.54) is 17.8 Å². The van der Waals surface area contributed by atoms with Gasteiger partial charge in [0, 0.05) is 13.1 Å². The lowest BCUT2D eigenvalue weighted by atomic mass is 10.0. The molecule has 2 aliphatic rings. The van der Waals surface area contributed by atoms with Gasteiger partial charge in [-0.25, -0.2) is 0 Å². The molecule has 0 aromatic carbocycles. The van der Waals surface area contributed by atoms with Gasteiger partial charge in [-0.15, -0.1) is 11.3 Å². The van der Waals surface area contributed by atoms with Crippen LogP contribution in [0.2, 0.25) is 0 Å². The van der Waals surface area contributed by atoms with Crippen molar-refractivity contribution in [2.45, 2.75) is 18.9 Å². The van der Waals surface area contributed by atoms with E-state index in [0.29, 0.717) is 17.9 Å². The zero-order valence-electron chi connectivity index (χ0n) is 9.30. The van der Waals surface area contributed by atoms with E-state index in [9.17, 15) is 4.79 Å². The third-order valence-electron chi connectivity index (χ3n) is 3.79. The summed E-state index contributed by atoms with van der Waals surface area (Å²) in [6, 6.07) is 4.27. The fourth-order valence-electron chi connectivity index (χ4n) is 2.92. The van der Waals surface area contributed by atoms with E-state index in [2.05, 4.69) is 12.2 Å². The largest absolute Gasteiger partial charge is 0.337 e. The molecule has 0 spiro atoms. The number of rotatable bonds is 2. The van der Waals surface area contributed by atoms with Gasteiger partial charge in [0.2, 0.25) is 0 Å². The summed E-state index contributed by atoms with van der Waals surface area (Å²) in [6.07, 6.45) is 6.99. The number of carbonyl (C=O) groups is 1. The predicted molar refractivity (Wildman–Crippen MR) is 65.6 cm³/mol. The third-order valence-corrected chi connectivity index (χ3v) is 4.65. The van der Waals surface area contributed by atoms with Crippen molar-refractivity contribution in [3.63, 3.8) is 0 Å². The molecule has 1 fully saturated rings. The van der Waals surface area contributed by atoms with Gasteiger partial charge in [0.1, 0.15) is 0 Å². The lowest BCUT2D eigenvalue weighted by Gasteiger charge is -2.29. The molecule has 0 radical (unpaired) electrons. The van der Waals surface area contributed by atoms with Crippen LogP contribution < -0.4 is 0 Å². The summed E-state index contributed by atoms with van der Waals surface area (Å²) in [5.41, 5.74) is 0. The lowest BCUT2D eigenvalue weighted by Crippen LogP contribution is -2.39. The van der Waals surface area contributed by atoms with Crippen molar-refractivity contribution < 1.29 is 4.79 Å². The van der Waals surface area contributed by atoms with Gasteiger partial charge in [-0.2, -0.15) is 0 Å². The fraction of sp³-hybridized carbons (Fsp3) is 0.462. The highest BCUT2D eigenvalue weighted by atomic mass is 32.1. The molecule has 2 bridgehead atoms. The first-order valence-corrected chi connectivity index (χ1v) is 6.62. The van der Waals surface area contributed by atoms with Gasteiger partial charge in [0.05, 0.1) is 4.88 Å². The maximum atomic E-state index is 12.2. The second-order valence-corrected chi connectivity index (χ2v) is 5.69. The topological polar surface area (TPSA) is 20.3 Å². The minimum Gasteiger partial charge on any atom is -0.337 e. The van der Waals surface area contributed by atoms with Gasteiger partial charge in [-0.1, -0.05) is 18.2 Å². The normalized spacial score (nSPS) is 30.9. The molecule has 2 aliphatic carbocycles. The number of amides is 1. The molecule has 84 valence electrons. The van der Waals surface area contributed by atoms with Crippen molar-refractivity contribution in [3.05, 3.63) is 34.5 Å². The van der Waals surface area contributed by atoms with Crippen LogP contribution in [-0.4, -0.2) is 23.9 Å². The molecule has 1 saturated carbocycles. The zero-order valence-corrected chi connectivity index (χ0v) is 10.1. The smallest absolute Gasteiger partial charge is 0.263 e. The standard InChI is InChI=1S/C13H15NOS/c1-14(13(15)12-3-2-6-16-12)11-8-9-4-5-10(11)7-9/h2-6,9-11H,7-8H2,1H3/t9-,10-,11+/m0/s1. The first kappa shape index (κ1) is 10.1. The van der Waals surface area contributed by atoms with Crippen molar-refractivity contribution in [2.24, 2.45) is 11.8 Å². The molecule has 0 saturated heterocycles. The van der Waals surface area contributed by atoms with Crippen molar-refractivity contribution in [1.82, 2.24) is 4.90 Å². The molecule has 3 heteroatoms. The summed E-state index contributed by atoms with van der Waals surface area (Å²) >= 11 is 1.53. The van der Waals surface area contributed by atoms with Crippen LogP contribution in [0.4, 0.5) is 0 Å². The monoisotopic (exact) mass is 233 g/mol. The Labute approximate surface area is 99.6 Å². The molecule has 0 aliphatic heterocycles. The summed E-state index contributed by atoms with van der Waals surface area (Å²) in [5.74, 6) is 1.49. The third kappa shape index (κ3) is 1.50. The molecule has 3 rings (SSSR count). The van der Waals surface area contributed by atoms with Crippen LogP contribution in [0.25, 0.3) is 0 Å². The van der Waals surface area contributed by atoms with E-state index in [1.807, 2.05) is 29.5 Å². The van der Waals surface area contributed by atoms with Crippen molar-refractivity contribution in [2.75, 3.05) is 7.05 Å². The predicted octanol–water partition coefficient (Wildman–Crippen LogP) is 2.78. The van der Waals surface area contributed by atoms with E-state index >= 15 is 0 Å². The summed E-state index contributed by atoms with van der Waals surface area (Å²) in [5, 5.41) is 1.96. The van der Waals surface area contributed by atoms with Gasteiger partial charge in [-0.05, 0) is 36.1 Å². The van der Waals surface area contributed by atoms with Crippen molar-refractivity contribution >= 4 is 17.2 Å². The number of hydrogen-bond donors (Lipinski definition) is 0. The number of thiophene rings is 1. The maximum Gasteiger partial charge on any atom is 0.263 e. The minimum absolute atomic E-state index is 0.181. The molecular weight excluding hydrogens is 218 g/mol. The average Bonchev–Trinajstić information content (AvgIpc) is 3.02. The van der Waals surface area contributed by atoms with Gasteiger partial charge >= 0.3 is 0 Å². The first-order chi connectivity index (χ1) is 7.75. The van der Waals surface area contributed by atoms with Crippen LogP contribution in [0.1, 0.15) is 22.5 Å². The van der Waals surface area contributed by atoms with Crippen LogP contribution in [-0.2, 0) is 0 Å². The molecule has 1 amide bonds. The molecule has 3 atom stereocenters. The van der Waals surface area contributed by atoms with E-state index in [-0.39, 0.29) is 5.91 Å². The van der Waals surface area contributed by atoms with Crippen LogP contribution in [0, 0.1) is 11.8 Å². The Balaban J connectivity index is 1.76. The van der Waals surface area contributed by atoms with Crippen LogP contribution in [0.15, 0.2) is 29.7 Å². The highest BCUT2D eigenvalue weighted by Crippen LogP contribution is 2.41. The van der Waals surface area contributed by atoms with E-state index in [1.54, 1.807) is 0 Å². The number of hydrogen-bond acceptors (Lipinski definition) is 2. The number of carbonyl (C=O) groups excluding carboxylic acids is 1. The Morgan fingerprint density at radius 3 is 2.88 bits per heavy atom. The highest BCUT2D eigenvalue weighted by Gasteiger charge is 2.39. The Morgan fingerprint density at radius 2 is 2.31 bits per heavy atom. The SMILES string of the molecule is CN(C(=O)c1cccs1)[C@@H]1C[C@H]2C=C[C@H]1C2.